The normalized spacial score (nSPS) is 10.9. The number of rotatable bonds is 3. The first-order chi connectivity index (χ1) is 8.08. The van der Waals surface area contributed by atoms with Gasteiger partial charge in [-0.1, -0.05) is 17.3 Å². The van der Waals surface area contributed by atoms with Crippen LogP contribution in [0.15, 0.2) is 30.5 Å². The lowest BCUT2D eigenvalue weighted by atomic mass is 10.1. The first kappa shape index (κ1) is 11.6. The summed E-state index contributed by atoms with van der Waals surface area (Å²) < 4.78 is 1.87. The third-order valence-corrected chi connectivity index (χ3v) is 2.72. The summed E-state index contributed by atoms with van der Waals surface area (Å²) in [6.07, 6.45) is 1.98. The molecule has 4 heteroatoms. The van der Waals surface area contributed by atoms with Gasteiger partial charge in [0, 0.05) is 31.4 Å². The maximum absolute atomic E-state index is 4.18. The Morgan fingerprint density at radius 1 is 1.12 bits per heavy atom. The predicted molar refractivity (Wildman–Crippen MR) is 70.2 cm³/mol. The molecule has 0 fully saturated rings. The van der Waals surface area contributed by atoms with E-state index in [1.165, 1.54) is 5.69 Å². The van der Waals surface area contributed by atoms with Crippen molar-refractivity contribution in [1.82, 2.24) is 15.0 Å². The molecule has 0 amide bonds. The maximum atomic E-state index is 4.18. The highest BCUT2D eigenvalue weighted by molar-refractivity contribution is 5.61. The maximum Gasteiger partial charge on any atom is 0.113 e. The quantitative estimate of drug-likeness (QED) is 0.812. The van der Waals surface area contributed by atoms with Crippen molar-refractivity contribution in [3.63, 3.8) is 0 Å². The molecule has 0 bridgehead atoms. The second kappa shape index (κ2) is 4.57. The van der Waals surface area contributed by atoms with E-state index < -0.39 is 0 Å². The van der Waals surface area contributed by atoms with Crippen LogP contribution in [0.5, 0.6) is 0 Å². The fourth-order valence-corrected chi connectivity index (χ4v) is 1.59. The van der Waals surface area contributed by atoms with Crippen LogP contribution >= 0.6 is 0 Å². The van der Waals surface area contributed by atoms with Gasteiger partial charge in [-0.05, 0) is 26.0 Å². The molecule has 0 unspecified atom stereocenters. The second-order valence-electron chi connectivity index (χ2n) is 4.62. The minimum atomic E-state index is 0.345. The van der Waals surface area contributed by atoms with E-state index in [9.17, 15) is 0 Å². The zero-order valence-corrected chi connectivity index (χ0v) is 10.8. The molecule has 0 aliphatic heterocycles. The molecule has 0 saturated carbocycles. The number of hydrogen-bond donors (Lipinski definition) is 0. The van der Waals surface area contributed by atoms with E-state index in [1.807, 2.05) is 25.0 Å². The van der Waals surface area contributed by atoms with Crippen molar-refractivity contribution in [3.8, 4) is 11.3 Å². The van der Waals surface area contributed by atoms with Crippen LogP contribution in [0, 0.1) is 0 Å². The summed E-state index contributed by atoms with van der Waals surface area (Å²) in [5.74, 6) is 0. The number of benzene rings is 1. The molecule has 0 aliphatic rings. The van der Waals surface area contributed by atoms with Crippen molar-refractivity contribution in [2.24, 2.45) is 0 Å². The van der Waals surface area contributed by atoms with Crippen LogP contribution in [0.4, 0.5) is 5.69 Å². The van der Waals surface area contributed by atoms with E-state index in [-0.39, 0.29) is 0 Å². The third-order valence-electron chi connectivity index (χ3n) is 2.72. The van der Waals surface area contributed by atoms with E-state index in [0.717, 1.165) is 11.3 Å². The Balaban J connectivity index is 2.27. The highest BCUT2D eigenvalue weighted by Crippen LogP contribution is 2.20. The van der Waals surface area contributed by atoms with Gasteiger partial charge in [0.05, 0.1) is 6.20 Å². The van der Waals surface area contributed by atoms with Crippen molar-refractivity contribution in [2.45, 2.75) is 19.9 Å². The van der Waals surface area contributed by atoms with Crippen LogP contribution in [0.3, 0.4) is 0 Å². The number of aromatic nitrogens is 3. The van der Waals surface area contributed by atoms with Gasteiger partial charge in [0.1, 0.15) is 5.69 Å². The molecule has 1 heterocycles. The molecule has 2 aromatic rings. The lowest BCUT2D eigenvalue weighted by Gasteiger charge is -2.11. The highest BCUT2D eigenvalue weighted by atomic mass is 15.4. The van der Waals surface area contributed by atoms with Crippen LogP contribution < -0.4 is 4.90 Å². The Morgan fingerprint density at radius 2 is 1.76 bits per heavy atom. The average molecular weight is 230 g/mol. The van der Waals surface area contributed by atoms with Crippen molar-refractivity contribution in [1.29, 1.82) is 0 Å². The van der Waals surface area contributed by atoms with Crippen LogP contribution in [0.1, 0.15) is 19.9 Å². The van der Waals surface area contributed by atoms with E-state index in [1.54, 1.807) is 0 Å². The first-order valence-electron chi connectivity index (χ1n) is 5.77. The molecule has 17 heavy (non-hydrogen) atoms. The number of nitrogens with zero attached hydrogens (tertiary/aromatic N) is 4. The van der Waals surface area contributed by atoms with Gasteiger partial charge in [0.25, 0.3) is 0 Å². The SMILES string of the molecule is CC(C)n1cc(-c2ccc(N(C)C)cc2)nn1. The van der Waals surface area contributed by atoms with Crippen LogP contribution in [0.25, 0.3) is 11.3 Å². The van der Waals surface area contributed by atoms with Gasteiger partial charge in [-0.25, -0.2) is 4.68 Å². The summed E-state index contributed by atoms with van der Waals surface area (Å²) in [7, 11) is 4.06. The lowest BCUT2D eigenvalue weighted by Crippen LogP contribution is -2.07. The molecule has 2 rings (SSSR count). The molecule has 0 spiro atoms. The molecular weight excluding hydrogens is 212 g/mol. The largest absolute Gasteiger partial charge is 0.378 e. The standard InChI is InChI=1S/C13H18N4/c1-10(2)17-9-13(14-15-17)11-5-7-12(8-6-11)16(3)4/h5-10H,1-4H3. The minimum Gasteiger partial charge on any atom is -0.378 e. The Labute approximate surface area is 102 Å². The van der Waals surface area contributed by atoms with Gasteiger partial charge < -0.3 is 4.90 Å². The van der Waals surface area contributed by atoms with Crippen molar-refractivity contribution >= 4 is 5.69 Å². The second-order valence-corrected chi connectivity index (χ2v) is 4.62. The third kappa shape index (κ3) is 2.46. The molecule has 90 valence electrons. The van der Waals surface area contributed by atoms with Gasteiger partial charge in [-0.15, -0.1) is 5.10 Å². The summed E-state index contributed by atoms with van der Waals surface area (Å²) in [5, 5.41) is 8.29. The molecule has 1 aromatic carbocycles. The van der Waals surface area contributed by atoms with Crippen molar-refractivity contribution in [2.75, 3.05) is 19.0 Å². The van der Waals surface area contributed by atoms with Gasteiger partial charge >= 0.3 is 0 Å². The zero-order valence-electron chi connectivity index (χ0n) is 10.8. The Hall–Kier alpha value is -1.84. The number of anilines is 1. The molecular formula is C13H18N4. The summed E-state index contributed by atoms with van der Waals surface area (Å²) in [4.78, 5) is 2.08. The highest BCUT2D eigenvalue weighted by Gasteiger charge is 2.06. The predicted octanol–water partition coefficient (Wildman–Crippen LogP) is 2.59. The smallest absolute Gasteiger partial charge is 0.113 e. The van der Waals surface area contributed by atoms with Gasteiger partial charge in [-0.2, -0.15) is 0 Å². The summed E-state index contributed by atoms with van der Waals surface area (Å²) in [5.41, 5.74) is 3.21. The van der Waals surface area contributed by atoms with E-state index in [0.29, 0.717) is 6.04 Å². The zero-order chi connectivity index (χ0) is 12.4. The van der Waals surface area contributed by atoms with E-state index in [4.69, 9.17) is 0 Å². The number of hydrogen-bond acceptors (Lipinski definition) is 3. The van der Waals surface area contributed by atoms with Crippen molar-refractivity contribution in [3.05, 3.63) is 30.5 Å². The Kier molecular flexibility index (Phi) is 3.13. The monoisotopic (exact) mass is 230 g/mol. The lowest BCUT2D eigenvalue weighted by molar-refractivity contribution is 0.514. The fraction of sp³-hybridized carbons (Fsp3) is 0.385. The molecule has 0 aliphatic carbocycles. The molecule has 0 N–H and O–H groups in total. The average Bonchev–Trinajstić information content (AvgIpc) is 2.78. The summed E-state index contributed by atoms with van der Waals surface area (Å²) in [6, 6.07) is 8.67. The van der Waals surface area contributed by atoms with Crippen molar-refractivity contribution < 1.29 is 0 Å². The molecule has 0 atom stereocenters. The topological polar surface area (TPSA) is 34.0 Å². The van der Waals surface area contributed by atoms with E-state index >= 15 is 0 Å². The first-order valence-corrected chi connectivity index (χ1v) is 5.77. The Morgan fingerprint density at radius 3 is 2.24 bits per heavy atom. The molecule has 0 radical (unpaired) electrons. The molecule has 0 saturated heterocycles. The fourth-order valence-electron chi connectivity index (χ4n) is 1.59. The summed E-state index contributed by atoms with van der Waals surface area (Å²) in [6.45, 7) is 4.18. The Bertz CT molecular complexity index is 482. The van der Waals surface area contributed by atoms with Gasteiger partial charge in [0.15, 0.2) is 0 Å². The van der Waals surface area contributed by atoms with Crippen LogP contribution in [0.2, 0.25) is 0 Å². The van der Waals surface area contributed by atoms with Gasteiger partial charge in [-0.3, -0.25) is 0 Å². The summed E-state index contributed by atoms with van der Waals surface area (Å²) >= 11 is 0. The van der Waals surface area contributed by atoms with Crippen LogP contribution in [-0.4, -0.2) is 29.1 Å². The minimum absolute atomic E-state index is 0.345. The van der Waals surface area contributed by atoms with Gasteiger partial charge in [0.2, 0.25) is 0 Å². The molecule has 4 nitrogen and oxygen atoms in total. The van der Waals surface area contributed by atoms with E-state index in [2.05, 4.69) is 53.3 Å². The van der Waals surface area contributed by atoms with Crippen LogP contribution in [-0.2, 0) is 0 Å². The molecule has 1 aromatic heterocycles.